The Morgan fingerprint density at radius 2 is 1.84 bits per heavy atom. The zero-order valence-corrected chi connectivity index (χ0v) is 9.80. The molecular weight excluding hydrogens is 257 g/mol. The predicted molar refractivity (Wildman–Crippen MR) is 62.1 cm³/mol. The molecule has 0 aliphatic rings. The summed E-state index contributed by atoms with van der Waals surface area (Å²) in [6, 6.07) is 5.22. The summed E-state index contributed by atoms with van der Waals surface area (Å²) in [5.41, 5.74) is -0.220. The van der Waals surface area contributed by atoms with Crippen molar-refractivity contribution in [1.29, 1.82) is 0 Å². The summed E-state index contributed by atoms with van der Waals surface area (Å²) >= 11 is 0. The molecular formula is C12H12FNO5. The first-order valence-electron chi connectivity index (χ1n) is 5.39. The molecule has 0 aromatic heterocycles. The van der Waals surface area contributed by atoms with Crippen molar-refractivity contribution in [3.8, 4) is 0 Å². The molecule has 0 saturated carbocycles. The molecule has 0 saturated heterocycles. The summed E-state index contributed by atoms with van der Waals surface area (Å²) in [6.45, 7) is -0.380. The zero-order valence-electron chi connectivity index (χ0n) is 9.80. The Morgan fingerprint density at radius 3 is 2.37 bits per heavy atom. The number of hydrogen-bond donors (Lipinski definition) is 3. The number of benzene rings is 1. The van der Waals surface area contributed by atoms with Crippen molar-refractivity contribution in [2.24, 2.45) is 5.92 Å². The Bertz CT molecular complexity index is 503. The van der Waals surface area contributed by atoms with Crippen molar-refractivity contribution >= 4 is 17.8 Å². The molecule has 0 fully saturated rings. The number of carbonyl (C=O) groups excluding carboxylic acids is 1. The SMILES string of the molecule is O=C(O)CC(CNC(=O)c1ccccc1F)C(=O)O. The van der Waals surface area contributed by atoms with Gasteiger partial charge < -0.3 is 15.5 Å². The fraction of sp³-hybridized carbons (Fsp3) is 0.250. The van der Waals surface area contributed by atoms with Crippen LogP contribution in [-0.4, -0.2) is 34.6 Å². The van der Waals surface area contributed by atoms with E-state index in [-0.39, 0.29) is 12.1 Å². The Kier molecular flexibility index (Phi) is 4.99. The minimum atomic E-state index is -1.34. The van der Waals surface area contributed by atoms with E-state index in [1.807, 2.05) is 0 Å². The first-order valence-corrected chi connectivity index (χ1v) is 5.39. The molecule has 1 atom stereocenters. The number of hydrogen-bond acceptors (Lipinski definition) is 3. The van der Waals surface area contributed by atoms with E-state index in [4.69, 9.17) is 10.2 Å². The van der Waals surface area contributed by atoms with Crippen LogP contribution in [0.2, 0.25) is 0 Å². The third-order valence-electron chi connectivity index (χ3n) is 2.40. The number of aliphatic carboxylic acids is 2. The minimum Gasteiger partial charge on any atom is -0.481 e. The molecule has 0 bridgehead atoms. The van der Waals surface area contributed by atoms with E-state index in [2.05, 4.69) is 5.32 Å². The summed E-state index contributed by atoms with van der Waals surface area (Å²) in [7, 11) is 0. The van der Waals surface area contributed by atoms with Gasteiger partial charge in [-0.05, 0) is 12.1 Å². The number of halogens is 1. The molecule has 102 valence electrons. The maximum Gasteiger partial charge on any atom is 0.308 e. The van der Waals surface area contributed by atoms with Gasteiger partial charge in [-0.2, -0.15) is 0 Å². The molecule has 1 aromatic carbocycles. The number of carbonyl (C=O) groups is 3. The van der Waals surface area contributed by atoms with Crippen LogP contribution in [0.25, 0.3) is 0 Å². The third kappa shape index (κ3) is 4.38. The first-order chi connectivity index (χ1) is 8.91. The van der Waals surface area contributed by atoms with Crippen LogP contribution in [0.15, 0.2) is 24.3 Å². The highest BCUT2D eigenvalue weighted by Crippen LogP contribution is 2.07. The van der Waals surface area contributed by atoms with Crippen LogP contribution in [0, 0.1) is 11.7 Å². The fourth-order valence-corrected chi connectivity index (χ4v) is 1.41. The summed E-state index contributed by atoms with van der Waals surface area (Å²) in [5, 5.41) is 19.5. The maximum absolute atomic E-state index is 13.3. The second-order valence-corrected chi connectivity index (χ2v) is 3.82. The van der Waals surface area contributed by atoms with Crippen LogP contribution < -0.4 is 5.32 Å². The molecule has 0 radical (unpaired) electrons. The first kappa shape index (κ1) is 14.6. The van der Waals surface area contributed by atoms with Crippen LogP contribution in [0.3, 0.4) is 0 Å². The summed E-state index contributed by atoms with van der Waals surface area (Å²) < 4.78 is 13.3. The largest absolute Gasteiger partial charge is 0.481 e. The second-order valence-electron chi connectivity index (χ2n) is 3.82. The van der Waals surface area contributed by atoms with Crippen LogP contribution >= 0.6 is 0 Å². The zero-order chi connectivity index (χ0) is 14.4. The standard InChI is InChI=1S/C12H12FNO5/c13-9-4-2-1-3-8(9)11(17)14-6-7(12(18)19)5-10(15)16/h1-4,7H,5-6H2,(H,14,17)(H,15,16)(H,18,19). The highest BCUT2D eigenvalue weighted by atomic mass is 19.1. The van der Waals surface area contributed by atoms with Gasteiger partial charge in [-0.25, -0.2) is 4.39 Å². The van der Waals surface area contributed by atoms with Gasteiger partial charge in [0, 0.05) is 6.54 Å². The molecule has 7 heteroatoms. The highest BCUT2D eigenvalue weighted by molar-refractivity contribution is 5.94. The van der Waals surface area contributed by atoms with E-state index in [0.29, 0.717) is 0 Å². The Morgan fingerprint density at radius 1 is 1.21 bits per heavy atom. The number of rotatable bonds is 6. The summed E-state index contributed by atoms with van der Waals surface area (Å²) in [5.74, 6) is -5.39. The van der Waals surface area contributed by atoms with Gasteiger partial charge >= 0.3 is 11.9 Å². The molecule has 0 spiro atoms. The molecule has 1 rings (SSSR count). The fourth-order valence-electron chi connectivity index (χ4n) is 1.41. The van der Waals surface area contributed by atoms with E-state index in [0.717, 1.165) is 6.07 Å². The van der Waals surface area contributed by atoms with E-state index in [1.54, 1.807) is 0 Å². The third-order valence-corrected chi connectivity index (χ3v) is 2.40. The van der Waals surface area contributed by atoms with Gasteiger partial charge in [-0.3, -0.25) is 14.4 Å². The minimum absolute atomic E-state index is 0.220. The van der Waals surface area contributed by atoms with Gasteiger partial charge in [0.05, 0.1) is 17.9 Å². The molecule has 0 aliphatic carbocycles. The second kappa shape index (κ2) is 6.48. The van der Waals surface area contributed by atoms with Gasteiger partial charge in [-0.15, -0.1) is 0 Å². The molecule has 6 nitrogen and oxygen atoms in total. The van der Waals surface area contributed by atoms with Crippen LogP contribution in [0.4, 0.5) is 4.39 Å². The normalized spacial score (nSPS) is 11.6. The molecule has 3 N–H and O–H groups in total. The van der Waals surface area contributed by atoms with Crippen molar-refractivity contribution in [2.45, 2.75) is 6.42 Å². The van der Waals surface area contributed by atoms with E-state index >= 15 is 0 Å². The molecule has 1 aromatic rings. The lowest BCUT2D eigenvalue weighted by molar-refractivity contribution is -0.148. The Labute approximate surface area is 107 Å². The monoisotopic (exact) mass is 269 g/mol. The number of amides is 1. The predicted octanol–water partition coefficient (Wildman–Crippen LogP) is 0.731. The lowest BCUT2D eigenvalue weighted by atomic mass is 10.1. The molecule has 1 unspecified atom stereocenters. The van der Waals surface area contributed by atoms with Crippen LogP contribution in [0.1, 0.15) is 16.8 Å². The van der Waals surface area contributed by atoms with Crippen LogP contribution in [0.5, 0.6) is 0 Å². The number of carboxylic acids is 2. The maximum atomic E-state index is 13.3. The van der Waals surface area contributed by atoms with E-state index < -0.39 is 36.0 Å². The quantitative estimate of drug-likeness (QED) is 0.706. The summed E-state index contributed by atoms with van der Waals surface area (Å²) in [6.07, 6.45) is -0.618. The van der Waals surface area contributed by atoms with Gasteiger partial charge in [-0.1, -0.05) is 12.1 Å². The van der Waals surface area contributed by atoms with Gasteiger partial charge in [0.15, 0.2) is 0 Å². The van der Waals surface area contributed by atoms with Gasteiger partial charge in [0.25, 0.3) is 5.91 Å². The Hall–Kier alpha value is -2.44. The number of nitrogens with one attached hydrogen (secondary N) is 1. The average molecular weight is 269 g/mol. The van der Waals surface area contributed by atoms with Crippen LogP contribution in [-0.2, 0) is 9.59 Å². The van der Waals surface area contributed by atoms with Crippen molar-refractivity contribution in [2.75, 3.05) is 6.54 Å². The van der Waals surface area contributed by atoms with Crippen molar-refractivity contribution in [3.63, 3.8) is 0 Å². The average Bonchev–Trinajstić information content (AvgIpc) is 2.34. The van der Waals surface area contributed by atoms with Gasteiger partial charge in [0.1, 0.15) is 5.82 Å². The van der Waals surface area contributed by atoms with Crippen molar-refractivity contribution in [1.82, 2.24) is 5.32 Å². The van der Waals surface area contributed by atoms with Gasteiger partial charge in [0.2, 0.25) is 0 Å². The lowest BCUT2D eigenvalue weighted by Crippen LogP contribution is -2.34. The lowest BCUT2D eigenvalue weighted by Gasteiger charge is -2.11. The highest BCUT2D eigenvalue weighted by Gasteiger charge is 2.22. The molecule has 1 amide bonds. The Balaban J connectivity index is 2.65. The smallest absolute Gasteiger partial charge is 0.308 e. The van der Waals surface area contributed by atoms with E-state index in [1.165, 1.54) is 18.2 Å². The molecule has 19 heavy (non-hydrogen) atoms. The van der Waals surface area contributed by atoms with E-state index in [9.17, 15) is 18.8 Å². The number of carboxylic acid groups (broad SMARTS) is 2. The van der Waals surface area contributed by atoms with Crippen molar-refractivity contribution < 1.29 is 29.0 Å². The molecule has 0 heterocycles. The topological polar surface area (TPSA) is 104 Å². The summed E-state index contributed by atoms with van der Waals surface area (Å²) in [4.78, 5) is 32.8. The van der Waals surface area contributed by atoms with Crippen molar-refractivity contribution in [3.05, 3.63) is 35.6 Å². The molecule has 0 aliphatic heterocycles.